The summed E-state index contributed by atoms with van der Waals surface area (Å²) in [5, 5.41) is 0. The maximum atomic E-state index is 13.4. The van der Waals surface area contributed by atoms with Gasteiger partial charge in [-0.3, -0.25) is 4.72 Å². The summed E-state index contributed by atoms with van der Waals surface area (Å²) < 4.78 is 40.8. The van der Waals surface area contributed by atoms with Crippen molar-refractivity contribution in [2.24, 2.45) is 5.73 Å². The number of anilines is 1. The minimum Gasteiger partial charge on any atom is -0.389 e. The largest absolute Gasteiger partial charge is 0.389 e. The van der Waals surface area contributed by atoms with E-state index in [1.807, 2.05) is 0 Å². The van der Waals surface area contributed by atoms with Gasteiger partial charge < -0.3 is 5.73 Å². The van der Waals surface area contributed by atoms with Gasteiger partial charge in [-0.05, 0) is 46.3 Å². The van der Waals surface area contributed by atoms with Crippen LogP contribution in [-0.4, -0.2) is 13.4 Å². The van der Waals surface area contributed by atoms with Gasteiger partial charge in [0.1, 0.15) is 15.0 Å². The number of hydrogen-bond acceptors (Lipinski definition) is 4. The van der Waals surface area contributed by atoms with E-state index in [2.05, 4.69) is 20.7 Å². The molecule has 0 radical (unpaired) electrons. The Balaban J connectivity index is 2.35. The lowest BCUT2D eigenvalue weighted by molar-refractivity contribution is 0.603. The number of nitrogens with one attached hydrogen (secondary N) is 1. The molecule has 0 unspecified atom stereocenters. The summed E-state index contributed by atoms with van der Waals surface area (Å²) >= 11 is 8.97. The number of benzene rings is 1. The normalized spacial score (nSPS) is 11.3. The van der Waals surface area contributed by atoms with Gasteiger partial charge in [-0.15, -0.1) is 11.3 Å². The van der Waals surface area contributed by atoms with E-state index in [4.69, 9.17) is 18.0 Å². The number of rotatable bonds is 4. The van der Waals surface area contributed by atoms with Crippen molar-refractivity contribution in [2.45, 2.75) is 4.21 Å². The van der Waals surface area contributed by atoms with Crippen molar-refractivity contribution in [3.63, 3.8) is 0 Å². The topological polar surface area (TPSA) is 72.2 Å². The van der Waals surface area contributed by atoms with Crippen LogP contribution in [0.5, 0.6) is 0 Å². The van der Waals surface area contributed by atoms with Crippen molar-refractivity contribution in [1.29, 1.82) is 0 Å². The van der Waals surface area contributed by atoms with Crippen LogP contribution in [0.2, 0.25) is 0 Å². The minimum atomic E-state index is -3.72. The van der Waals surface area contributed by atoms with Crippen molar-refractivity contribution in [1.82, 2.24) is 0 Å². The SMILES string of the molecule is NC(=S)c1cc(NS(=O)(=O)c2ccc(Br)s2)ccc1F. The van der Waals surface area contributed by atoms with E-state index in [1.165, 1.54) is 18.2 Å². The van der Waals surface area contributed by atoms with E-state index in [1.54, 1.807) is 6.07 Å². The molecule has 0 saturated carbocycles. The van der Waals surface area contributed by atoms with Crippen LogP contribution < -0.4 is 10.5 Å². The third kappa shape index (κ3) is 3.35. The fourth-order valence-corrected chi connectivity index (χ4v) is 4.64. The lowest BCUT2D eigenvalue weighted by Gasteiger charge is -2.08. The van der Waals surface area contributed by atoms with Crippen molar-refractivity contribution >= 4 is 60.2 Å². The molecule has 1 aromatic heterocycles. The van der Waals surface area contributed by atoms with Gasteiger partial charge >= 0.3 is 0 Å². The molecular weight excluding hydrogens is 387 g/mol. The van der Waals surface area contributed by atoms with Gasteiger partial charge in [0.05, 0.1) is 3.79 Å². The first-order valence-electron chi connectivity index (χ1n) is 5.17. The highest BCUT2D eigenvalue weighted by Gasteiger charge is 2.17. The summed E-state index contributed by atoms with van der Waals surface area (Å²) in [5.74, 6) is -0.598. The first-order chi connectivity index (χ1) is 9.29. The third-order valence-corrected chi connectivity index (χ3v) is 6.01. The minimum absolute atomic E-state index is 0.00689. The highest BCUT2D eigenvalue weighted by Crippen LogP contribution is 2.28. The number of sulfonamides is 1. The van der Waals surface area contributed by atoms with Crippen LogP contribution in [0.25, 0.3) is 0 Å². The second kappa shape index (κ2) is 5.76. The predicted octanol–water partition coefficient (Wildman–Crippen LogP) is 3.08. The highest BCUT2D eigenvalue weighted by molar-refractivity contribution is 9.11. The number of thiophene rings is 1. The van der Waals surface area contributed by atoms with Gasteiger partial charge in [0.15, 0.2) is 0 Å². The van der Waals surface area contributed by atoms with Gasteiger partial charge in [-0.2, -0.15) is 0 Å². The second-order valence-electron chi connectivity index (χ2n) is 3.72. The quantitative estimate of drug-likeness (QED) is 0.781. The Kier molecular flexibility index (Phi) is 4.43. The molecule has 106 valence electrons. The van der Waals surface area contributed by atoms with Crippen molar-refractivity contribution < 1.29 is 12.8 Å². The molecule has 0 spiro atoms. The molecule has 0 saturated heterocycles. The molecule has 1 heterocycles. The smallest absolute Gasteiger partial charge is 0.271 e. The molecule has 0 aliphatic rings. The van der Waals surface area contributed by atoms with E-state index in [0.717, 1.165) is 17.4 Å². The molecule has 2 aromatic rings. The second-order valence-corrected chi connectivity index (χ2v) is 8.54. The average Bonchev–Trinajstić information content (AvgIpc) is 2.78. The van der Waals surface area contributed by atoms with E-state index in [9.17, 15) is 12.8 Å². The molecule has 4 nitrogen and oxygen atoms in total. The third-order valence-electron chi connectivity index (χ3n) is 2.30. The molecule has 2 rings (SSSR count). The van der Waals surface area contributed by atoms with Gasteiger partial charge in [0.2, 0.25) is 0 Å². The van der Waals surface area contributed by atoms with Gasteiger partial charge in [-0.25, -0.2) is 12.8 Å². The molecule has 9 heteroatoms. The average molecular weight is 395 g/mol. The summed E-state index contributed by atoms with van der Waals surface area (Å²) in [4.78, 5) is -0.137. The zero-order valence-electron chi connectivity index (χ0n) is 9.76. The molecule has 0 aliphatic heterocycles. The van der Waals surface area contributed by atoms with Crippen molar-refractivity contribution in [2.75, 3.05) is 4.72 Å². The van der Waals surface area contributed by atoms with E-state index in [-0.39, 0.29) is 20.4 Å². The monoisotopic (exact) mass is 394 g/mol. The van der Waals surface area contributed by atoms with Crippen LogP contribution >= 0.6 is 39.5 Å². The van der Waals surface area contributed by atoms with Crippen LogP contribution in [0.15, 0.2) is 38.3 Å². The Bertz CT molecular complexity index is 774. The molecule has 0 bridgehead atoms. The van der Waals surface area contributed by atoms with Gasteiger partial charge in [0, 0.05) is 11.3 Å². The fraction of sp³-hybridized carbons (Fsp3) is 0. The molecule has 3 N–H and O–H groups in total. The molecule has 20 heavy (non-hydrogen) atoms. The maximum absolute atomic E-state index is 13.4. The maximum Gasteiger partial charge on any atom is 0.271 e. The fourth-order valence-electron chi connectivity index (χ4n) is 1.43. The van der Waals surface area contributed by atoms with Crippen LogP contribution in [0.4, 0.5) is 10.1 Å². The Labute approximate surface area is 133 Å². The summed E-state index contributed by atoms with van der Waals surface area (Å²) in [6.07, 6.45) is 0. The summed E-state index contributed by atoms with van der Waals surface area (Å²) in [6, 6.07) is 6.77. The molecule has 0 aliphatic carbocycles. The molecule has 0 atom stereocenters. The zero-order valence-corrected chi connectivity index (χ0v) is 13.8. The van der Waals surface area contributed by atoms with Crippen LogP contribution in [0.3, 0.4) is 0 Å². The molecule has 1 aromatic carbocycles. The van der Waals surface area contributed by atoms with Gasteiger partial charge in [-0.1, -0.05) is 12.2 Å². The van der Waals surface area contributed by atoms with E-state index in [0.29, 0.717) is 3.79 Å². The lowest BCUT2D eigenvalue weighted by atomic mass is 10.2. The van der Waals surface area contributed by atoms with E-state index >= 15 is 0 Å². The highest BCUT2D eigenvalue weighted by atomic mass is 79.9. The summed E-state index contributed by atoms with van der Waals surface area (Å²) in [5.41, 5.74) is 5.56. The zero-order chi connectivity index (χ0) is 14.9. The Morgan fingerprint density at radius 3 is 2.60 bits per heavy atom. The molecule has 0 amide bonds. The first kappa shape index (κ1) is 15.4. The van der Waals surface area contributed by atoms with Gasteiger partial charge in [0.25, 0.3) is 10.0 Å². The van der Waals surface area contributed by atoms with Crippen LogP contribution in [-0.2, 0) is 10.0 Å². The Hall–Kier alpha value is -1.03. The summed E-state index contributed by atoms with van der Waals surface area (Å²) in [7, 11) is -3.72. The van der Waals surface area contributed by atoms with Crippen LogP contribution in [0, 0.1) is 5.82 Å². The summed E-state index contributed by atoms with van der Waals surface area (Å²) in [6.45, 7) is 0. The van der Waals surface area contributed by atoms with Crippen molar-refractivity contribution in [3.05, 3.63) is 45.5 Å². The van der Waals surface area contributed by atoms with E-state index < -0.39 is 15.8 Å². The number of halogens is 2. The lowest BCUT2D eigenvalue weighted by Crippen LogP contribution is -2.15. The number of nitrogens with two attached hydrogens (primary N) is 1. The standard InChI is InChI=1S/C11H8BrFN2O2S3/c12-9-3-4-10(19-9)20(16,17)15-6-1-2-8(13)7(5-6)11(14)18/h1-5,15H,(H2,14,18). The van der Waals surface area contributed by atoms with Crippen LogP contribution in [0.1, 0.15) is 5.56 Å². The number of thiocarbonyl (C=S) groups is 1. The Morgan fingerprint density at radius 2 is 2.05 bits per heavy atom. The molecule has 0 fully saturated rings. The van der Waals surface area contributed by atoms with Crippen molar-refractivity contribution in [3.8, 4) is 0 Å². The predicted molar refractivity (Wildman–Crippen MR) is 85.1 cm³/mol. The molecular formula is C11H8BrFN2O2S3. The Morgan fingerprint density at radius 1 is 1.35 bits per heavy atom. The number of hydrogen-bond donors (Lipinski definition) is 2. The first-order valence-corrected chi connectivity index (χ1v) is 8.67.